The lowest BCUT2D eigenvalue weighted by Gasteiger charge is -2.28. The van der Waals surface area contributed by atoms with Crippen LogP contribution in [-0.2, 0) is 0 Å². The van der Waals surface area contributed by atoms with Crippen molar-refractivity contribution in [1.82, 2.24) is 10.2 Å². The molecule has 0 aliphatic rings. The van der Waals surface area contributed by atoms with Gasteiger partial charge in [-0.3, -0.25) is 4.79 Å². The quantitative estimate of drug-likeness (QED) is 0.779. The van der Waals surface area contributed by atoms with Crippen LogP contribution in [0.3, 0.4) is 0 Å². The number of hydrogen-bond donors (Lipinski definition) is 2. The first kappa shape index (κ1) is 14.5. The van der Waals surface area contributed by atoms with Gasteiger partial charge < -0.3 is 16.0 Å². The average molecular weight is 249 g/mol. The topological polar surface area (TPSA) is 58.4 Å². The largest absolute Gasteiger partial charge is 0.398 e. The summed E-state index contributed by atoms with van der Waals surface area (Å²) in [6.07, 6.45) is 0. The van der Waals surface area contributed by atoms with Crippen molar-refractivity contribution >= 4 is 11.6 Å². The molecule has 3 N–H and O–H groups in total. The minimum absolute atomic E-state index is 0.0305. The number of benzene rings is 1. The molecule has 0 radical (unpaired) electrons. The van der Waals surface area contributed by atoms with Crippen LogP contribution >= 0.6 is 0 Å². The second-order valence-corrected chi connectivity index (χ2v) is 5.67. The molecular formula is C14H23N3O. The Balaban J connectivity index is 2.59. The van der Waals surface area contributed by atoms with E-state index in [1.807, 2.05) is 26.2 Å². The molecule has 0 atom stereocenters. The van der Waals surface area contributed by atoms with Crippen LogP contribution in [0, 0.1) is 5.41 Å². The number of para-hydroxylation sites is 1. The van der Waals surface area contributed by atoms with Gasteiger partial charge >= 0.3 is 0 Å². The molecule has 0 unspecified atom stereocenters. The van der Waals surface area contributed by atoms with Gasteiger partial charge in [-0.15, -0.1) is 0 Å². The van der Waals surface area contributed by atoms with Crippen LogP contribution in [0.5, 0.6) is 0 Å². The number of nitrogens with two attached hydrogens (primary N) is 1. The number of carbonyl (C=O) groups excluding carboxylic acids is 1. The van der Waals surface area contributed by atoms with E-state index in [1.54, 1.807) is 12.1 Å². The van der Waals surface area contributed by atoms with Gasteiger partial charge in [-0.05, 0) is 31.6 Å². The van der Waals surface area contributed by atoms with Gasteiger partial charge in [0.1, 0.15) is 0 Å². The second kappa shape index (κ2) is 5.87. The Kier molecular flexibility index (Phi) is 4.73. The zero-order chi connectivity index (χ0) is 13.8. The Morgan fingerprint density at radius 1 is 1.33 bits per heavy atom. The van der Waals surface area contributed by atoms with Gasteiger partial charge in [0.2, 0.25) is 0 Å². The molecular weight excluding hydrogens is 226 g/mol. The number of rotatable bonds is 5. The standard InChI is InChI=1S/C14H23N3O/c1-14(2,10-17(3)4)9-16-13(18)11-7-5-6-8-12(11)15/h5-8H,9-10,15H2,1-4H3,(H,16,18). The van der Waals surface area contributed by atoms with Crippen molar-refractivity contribution in [3.8, 4) is 0 Å². The van der Waals surface area contributed by atoms with Crippen molar-refractivity contribution in [2.45, 2.75) is 13.8 Å². The highest BCUT2D eigenvalue weighted by atomic mass is 16.1. The third-order valence-corrected chi connectivity index (χ3v) is 2.68. The van der Waals surface area contributed by atoms with E-state index in [1.165, 1.54) is 0 Å². The van der Waals surface area contributed by atoms with Gasteiger partial charge in [-0.1, -0.05) is 26.0 Å². The molecule has 0 spiro atoms. The van der Waals surface area contributed by atoms with Crippen molar-refractivity contribution in [2.75, 3.05) is 32.9 Å². The molecule has 1 amide bonds. The molecule has 0 heterocycles. The molecule has 0 bridgehead atoms. The van der Waals surface area contributed by atoms with Crippen LogP contribution in [0.15, 0.2) is 24.3 Å². The Labute approximate surface area is 109 Å². The van der Waals surface area contributed by atoms with E-state index in [0.717, 1.165) is 6.54 Å². The van der Waals surface area contributed by atoms with E-state index in [9.17, 15) is 4.79 Å². The van der Waals surface area contributed by atoms with Crippen molar-refractivity contribution < 1.29 is 4.79 Å². The fourth-order valence-corrected chi connectivity index (χ4v) is 2.03. The van der Waals surface area contributed by atoms with Crippen LogP contribution in [0.25, 0.3) is 0 Å². The van der Waals surface area contributed by atoms with Gasteiger partial charge in [-0.25, -0.2) is 0 Å². The lowest BCUT2D eigenvalue weighted by molar-refractivity contribution is 0.0930. The molecule has 0 saturated heterocycles. The lowest BCUT2D eigenvalue weighted by atomic mass is 9.93. The first-order chi connectivity index (χ1) is 8.32. The van der Waals surface area contributed by atoms with E-state index in [4.69, 9.17) is 5.73 Å². The molecule has 0 aliphatic heterocycles. The summed E-state index contributed by atoms with van der Waals surface area (Å²) in [6.45, 7) is 5.79. The van der Waals surface area contributed by atoms with E-state index >= 15 is 0 Å². The smallest absolute Gasteiger partial charge is 0.253 e. The number of nitrogens with zero attached hydrogens (tertiary/aromatic N) is 1. The van der Waals surface area contributed by atoms with Crippen molar-refractivity contribution in [3.63, 3.8) is 0 Å². The summed E-state index contributed by atoms with van der Waals surface area (Å²) >= 11 is 0. The van der Waals surface area contributed by atoms with Gasteiger partial charge in [-0.2, -0.15) is 0 Å². The molecule has 0 saturated carbocycles. The minimum atomic E-state index is -0.111. The average Bonchev–Trinajstić information content (AvgIpc) is 2.25. The van der Waals surface area contributed by atoms with Gasteiger partial charge in [0.15, 0.2) is 0 Å². The SMILES string of the molecule is CN(C)CC(C)(C)CNC(=O)c1ccccc1N. The Hall–Kier alpha value is -1.55. The first-order valence-electron chi connectivity index (χ1n) is 6.09. The number of anilines is 1. The number of nitrogen functional groups attached to an aromatic ring is 1. The highest BCUT2D eigenvalue weighted by Gasteiger charge is 2.20. The minimum Gasteiger partial charge on any atom is -0.398 e. The predicted molar refractivity (Wildman–Crippen MR) is 75.5 cm³/mol. The fraction of sp³-hybridized carbons (Fsp3) is 0.500. The maximum atomic E-state index is 12.0. The molecule has 1 aromatic carbocycles. The molecule has 4 heteroatoms. The lowest BCUT2D eigenvalue weighted by Crippen LogP contribution is -2.40. The number of nitrogens with one attached hydrogen (secondary N) is 1. The monoisotopic (exact) mass is 249 g/mol. The van der Waals surface area contributed by atoms with Gasteiger partial charge in [0, 0.05) is 18.8 Å². The summed E-state index contributed by atoms with van der Waals surface area (Å²) in [6, 6.07) is 7.11. The molecule has 0 fully saturated rings. The van der Waals surface area contributed by atoms with Crippen LogP contribution in [0.1, 0.15) is 24.2 Å². The fourth-order valence-electron chi connectivity index (χ4n) is 2.03. The molecule has 1 rings (SSSR count). The second-order valence-electron chi connectivity index (χ2n) is 5.67. The van der Waals surface area contributed by atoms with E-state index < -0.39 is 0 Å². The highest BCUT2D eigenvalue weighted by molar-refractivity contribution is 5.99. The normalized spacial score (nSPS) is 11.6. The van der Waals surface area contributed by atoms with Gasteiger partial charge in [0.05, 0.1) is 5.56 Å². The summed E-state index contributed by atoms with van der Waals surface area (Å²) in [7, 11) is 4.05. The van der Waals surface area contributed by atoms with E-state index in [2.05, 4.69) is 24.1 Å². The zero-order valence-electron chi connectivity index (χ0n) is 11.7. The van der Waals surface area contributed by atoms with Crippen molar-refractivity contribution in [3.05, 3.63) is 29.8 Å². The molecule has 100 valence electrons. The third-order valence-electron chi connectivity index (χ3n) is 2.68. The molecule has 4 nitrogen and oxygen atoms in total. The maximum Gasteiger partial charge on any atom is 0.253 e. The first-order valence-corrected chi connectivity index (χ1v) is 6.09. The van der Waals surface area contributed by atoms with Gasteiger partial charge in [0.25, 0.3) is 5.91 Å². The molecule has 0 aliphatic carbocycles. The summed E-state index contributed by atoms with van der Waals surface area (Å²) < 4.78 is 0. The summed E-state index contributed by atoms with van der Waals surface area (Å²) in [5.74, 6) is -0.111. The van der Waals surface area contributed by atoms with Crippen LogP contribution in [0.4, 0.5) is 5.69 Å². The maximum absolute atomic E-state index is 12.0. The van der Waals surface area contributed by atoms with E-state index in [-0.39, 0.29) is 11.3 Å². The number of hydrogen-bond acceptors (Lipinski definition) is 3. The Bertz CT molecular complexity index is 413. The zero-order valence-corrected chi connectivity index (χ0v) is 11.7. The van der Waals surface area contributed by atoms with E-state index in [0.29, 0.717) is 17.8 Å². The summed E-state index contributed by atoms with van der Waals surface area (Å²) in [4.78, 5) is 14.1. The van der Waals surface area contributed by atoms with Crippen LogP contribution in [0.2, 0.25) is 0 Å². The summed E-state index contributed by atoms with van der Waals surface area (Å²) in [5.41, 5.74) is 6.86. The Morgan fingerprint density at radius 3 is 2.50 bits per heavy atom. The number of carbonyl (C=O) groups is 1. The van der Waals surface area contributed by atoms with Crippen LogP contribution < -0.4 is 11.1 Å². The number of amides is 1. The summed E-state index contributed by atoms with van der Waals surface area (Å²) in [5, 5.41) is 2.94. The van der Waals surface area contributed by atoms with Crippen LogP contribution in [-0.4, -0.2) is 38.0 Å². The third kappa shape index (κ3) is 4.37. The highest BCUT2D eigenvalue weighted by Crippen LogP contribution is 2.15. The molecule has 18 heavy (non-hydrogen) atoms. The molecule has 1 aromatic rings. The van der Waals surface area contributed by atoms with Crippen molar-refractivity contribution in [1.29, 1.82) is 0 Å². The predicted octanol–water partition coefficient (Wildman–Crippen LogP) is 1.59. The Morgan fingerprint density at radius 2 is 1.94 bits per heavy atom. The molecule has 0 aromatic heterocycles. The van der Waals surface area contributed by atoms with Crippen molar-refractivity contribution in [2.24, 2.45) is 5.41 Å².